The van der Waals surface area contributed by atoms with E-state index in [0.717, 1.165) is 11.8 Å². The van der Waals surface area contributed by atoms with Crippen LogP contribution in [0.2, 0.25) is 0 Å². The number of carbonyl (C=O) groups excluding carboxylic acids is 1. The van der Waals surface area contributed by atoms with Crippen LogP contribution in [-0.2, 0) is 9.53 Å². The standard InChI is InChI=1S/C19H19NO6/c1-2-24-16-8-10-17(11-9-16)25-13-14-26-19(21)12-7-15-5-3-4-6-18(15)20(22)23/h3-12H,2,13-14H2,1H3/b12-7+. The van der Waals surface area contributed by atoms with Crippen molar-refractivity contribution >= 4 is 17.7 Å². The molecule has 26 heavy (non-hydrogen) atoms. The smallest absolute Gasteiger partial charge is 0.330 e. The second-order valence-electron chi connectivity index (χ2n) is 5.07. The number of ether oxygens (including phenoxy) is 3. The third kappa shape index (κ3) is 5.94. The summed E-state index contributed by atoms with van der Waals surface area (Å²) in [4.78, 5) is 22.1. The number of hydrogen-bond donors (Lipinski definition) is 0. The monoisotopic (exact) mass is 357 g/mol. The molecule has 0 aliphatic rings. The summed E-state index contributed by atoms with van der Waals surface area (Å²) in [5.41, 5.74) is 0.260. The average molecular weight is 357 g/mol. The van der Waals surface area contributed by atoms with E-state index in [4.69, 9.17) is 14.2 Å². The van der Waals surface area contributed by atoms with Crippen LogP contribution in [0.5, 0.6) is 11.5 Å². The maximum atomic E-state index is 11.7. The lowest BCUT2D eigenvalue weighted by molar-refractivity contribution is -0.385. The molecule has 2 aromatic carbocycles. The summed E-state index contributed by atoms with van der Waals surface area (Å²) in [6.07, 6.45) is 2.51. The van der Waals surface area contributed by atoms with Crippen molar-refractivity contribution in [1.29, 1.82) is 0 Å². The number of nitrogens with zero attached hydrogens (tertiary/aromatic N) is 1. The fourth-order valence-corrected chi connectivity index (χ4v) is 2.10. The molecule has 0 aliphatic heterocycles. The summed E-state index contributed by atoms with van der Waals surface area (Å²) in [7, 11) is 0. The van der Waals surface area contributed by atoms with E-state index in [2.05, 4.69) is 0 Å². The van der Waals surface area contributed by atoms with E-state index in [-0.39, 0.29) is 18.9 Å². The molecule has 2 aromatic rings. The van der Waals surface area contributed by atoms with E-state index in [1.165, 1.54) is 12.1 Å². The molecule has 0 N–H and O–H groups in total. The summed E-state index contributed by atoms with van der Waals surface area (Å²) in [5.74, 6) is 0.796. The lowest BCUT2D eigenvalue weighted by atomic mass is 10.1. The molecule has 0 spiro atoms. The van der Waals surface area contributed by atoms with Gasteiger partial charge in [0, 0.05) is 12.1 Å². The molecule has 136 valence electrons. The van der Waals surface area contributed by atoms with Crippen molar-refractivity contribution in [2.45, 2.75) is 6.92 Å². The number of benzene rings is 2. The van der Waals surface area contributed by atoms with Crippen LogP contribution in [0.25, 0.3) is 6.08 Å². The van der Waals surface area contributed by atoms with E-state index in [9.17, 15) is 14.9 Å². The van der Waals surface area contributed by atoms with Crippen molar-refractivity contribution in [1.82, 2.24) is 0 Å². The molecule has 0 heterocycles. The highest BCUT2D eigenvalue weighted by Gasteiger charge is 2.09. The van der Waals surface area contributed by atoms with Gasteiger partial charge in [-0.25, -0.2) is 4.79 Å². The first-order valence-corrected chi connectivity index (χ1v) is 8.04. The predicted molar refractivity (Wildman–Crippen MR) is 96.2 cm³/mol. The first-order valence-electron chi connectivity index (χ1n) is 8.04. The molecule has 0 aromatic heterocycles. The summed E-state index contributed by atoms with van der Waals surface area (Å²) in [6, 6.07) is 13.3. The van der Waals surface area contributed by atoms with Crippen molar-refractivity contribution in [3.63, 3.8) is 0 Å². The Morgan fingerprint density at radius 2 is 1.69 bits per heavy atom. The van der Waals surface area contributed by atoms with E-state index in [1.54, 1.807) is 42.5 Å². The molecule has 0 atom stereocenters. The number of nitro benzene ring substituents is 1. The zero-order valence-electron chi connectivity index (χ0n) is 14.3. The van der Waals surface area contributed by atoms with Crippen molar-refractivity contribution in [3.8, 4) is 11.5 Å². The lowest BCUT2D eigenvalue weighted by Crippen LogP contribution is -2.10. The summed E-state index contributed by atoms with van der Waals surface area (Å²) in [6.45, 7) is 2.76. The normalized spacial score (nSPS) is 10.5. The minimum absolute atomic E-state index is 0.0628. The van der Waals surface area contributed by atoms with E-state index < -0.39 is 10.9 Å². The fourth-order valence-electron chi connectivity index (χ4n) is 2.10. The Hall–Kier alpha value is -3.35. The molecule has 0 bridgehead atoms. The van der Waals surface area contributed by atoms with Crippen molar-refractivity contribution in [2.24, 2.45) is 0 Å². The molecule has 0 amide bonds. The van der Waals surface area contributed by atoms with Gasteiger partial charge in [-0.3, -0.25) is 10.1 Å². The van der Waals surface area contributed by atoms with Crippen LogP contribution in [0.4, 0.5) is 5.69 Å². The topological polar surface area (TPSA) is 87.9 Å². The molecule has 0 saturated carbocycles. The number of hydrogen-bond acceptors (Lipinski definition) is 6. The van der Waals surface area contributed by atoms with Gasteiger partial charge in [-0.1, -0.05) is 12.1 Å². The van der Waals surface area contributed by atoms with Gasteiger partial charge in [-0.05, 0) is 43.3 Å². The van der Waals surface area contributed by atoms with Gasteiger partial charge in [0.25, 0.3) is 5.69 Å². The SMILES string of the molecule is CCOc1ccc(OCCOC(=O)/C=C/c2ccccc2[N+](=O)[O-])cc1. The molecule has 2 rings (SSSR count). The van der Waals surface area contributed by atoms with Gasteiger partial charge in [0.1, 0.15) is 24.7 Å². The summed E-state index contributed by atoms with van der Waals surface area (Å²) >= 11 is 0. The highest BCUT2D eigenvalue weighted by molar-refractivity contribution is 5.87. The molecule has 0 radical (unpaired) electrons. The van der Waals surface area contributed by atoms with Crippen molar-refractivity contribution < 1.29 is 23.9 Å². The third-order valence-corrected chi connectivity index (χ3v) is 3.26. The number of nitro groups is 1. The van der Waals surface area contributed by atoms with E-state index in [1.807, 2.05) is 6.92 Å². The number of carbonyl (C=O) groups is 1. The first-order chi connectivity index (χ1) is 12.6. The Morgan fingerprint density at radius 3 is 2.35 bits per heavy atom. The zero-order valence-corrected chi connectivity index (χ0v) is 14.3. The van der Waals surface area contributed by atoms with Crippen molar-refractivity contribution in [2.75, 3.05) is 19.8 Å². The van der Waals surface area contributed by atoms with Crippen LogP contribution in [-0.4, -0.2) is 30.7 Å². The number of esters is 1. The molecule has 0 aliphatic carbocycles. The maximum absolute atomic E-state index is 11.7. The first kappa shape index (κ1) is 19.0. The summed E-state index contributed by atoms with van der Waals surface area (Å²) in [5, 5.41) is 10.9. The molecular formula is C19H19NO6. The molecule has 7 nitrogen and oxygen atoms in total. The van der Waals surface area contributed by atoms with Crippen LogP contribution in [0.15, 0.2) is 54.6 Å². The van der Waals surface area contributed by atoms with Gasteiger partial charge in [-0.2, -0.15) is 0 Å². The van der Waals surface area contributed by atoms with Gasteiger partial charge in [0.05, 0.1) is 17.1 Å². The van der Waals surface area contributed by atoms with Crippen LogP contribution < -0.4 is 9.47 Å². The molecular weight excluding hydrogens is 338 g/mol. The van der Waals surface area contributed by atoms with Crippen LogP contribution in [0, 0.1) is 10.1 Å². The summed E-state index contributed by atoms with van der Waals surface area (Å²) < 4.78 is 15.8. The lowest BCUT2D eigenvalue weighted by Gasteiger charge is -2.07. The largest absolute Gasteiger partial charge is 0.494 e. The Bertz CT molecular complexity index is 770. The molecule has 0 saturated heterocycles. The second-order valence-corrected chi connectivity index (χ2v) is 5.07. The van der Waals surface area contributed by atoms with Crippen LogP contribution in [0.3, 0.4) is 0 Å². The van der Waals surface area contributed by atoms with E-state index in [0.29, 0.717) is 17.9 Å². The molecule has 7 heteroatoms. The quantitative estimate of drug-likeness (QED) is 0.224. The Kier molecular flexibility index (Phi) is 7.17. The van der Waals surface area contributed by atoms with Gasteiger partial charge in [-0.15, -0.1) is 0 Å². The fraction of sp³-hybridized carbons (Fsp3) is 0.211. The molecule has 0 unspecified atom stereocenters. The molecule has 0 fully saturated rings. The zero-order chi connectivity index (χ0) is 18.8. The van der Waals surface area contributed by atoms with Crippen LogP contribution >= 0.6 is 0 Å². The van der Waals surface area contributed by atoms with E-state index >= 15 is 0 Å². The average Bonchev–Trinajstić information content (AvgIpc) is 2.65. The highest BCUT2D eigenvalue weighted by Crippen LogP contribution is 2.19. The van der Waals surface area contributed by atoms with Gasteiger partial charge < -0.3 is 14.2 Å². The minimum Gasteiger partial charge on any atom is -0.494 e. The van der Waals surface area contributed by atoms with Crippen molar-refractivity contribution in [3.05, 3.63) is 70.3 Å². The third-order valence-electron chi connectivity index (χ3n) is 3.26. The Morgan fingerprint density at radius 1 is 1.04 bits per heavy atom. The van der Waals surface area contributed by atoms with Crippen LogP contribution in [0.1, 0.15) is 12.5 Å². The second kappa shape index (κ2) is 9.83. The minimum atomic E-state index is -0.599. The Labute approximate surface area is 151 Å². The Balaban J connectivity index is 1.76. The number of rotatable bonds is 9. The predicted octanol–water partition coefficient (Wildman–Crippen LogP) is 3.63. The highest BCUT2D eigenvalue weighted by atomic mass is 16.6. The number of para-hydroxylation sites is 1. The van der Waals surface area contributed by atoms with Gasteiger partial charge in [0.2, 0.25) is 0 Å². The maximum Gasteiger partial charge on any atom is 0.330 e. The van der Waals surface area contributed by atoms with Gasteiger partial charge >= 0.3 is 5.97 Å². The van der Waals surface area contributed by atoms with Gasteiger partial charge in [0.15, 0.2) is 0 Å².